The normalized spacial score (nSPS) is 21.1. The summed E-state index contributed by atoms with van der Waals surface area (Å²) >= 11 is 0. The van der Waals surface area contributed by atoms with E-state index in [4.69, 9.17) is 0 Å². The molecule has 1 aliphatic carbocycles. The van der Waals surface area contributed by atoms with Crippen molar-refractivity contribution in [1.29, 1.82) is 0 Å². The zero-order valence-electron chi connectivity index (χ0n) is 7.26. The zero-order chi connectivity index (χ0) is 8.72. The predicted molar refractivity (Wildman–Crippen MR) is 43.7 cm³/mol. The molecule has 0 bridgehead atoms. The van der Waals surface area contributed by atoms with E-state index >= 15 is 0 Å². The van der Waals surface area contributed by atoms with Crippen LogP contribution in [0.5, 0.6) is 0 Å². The van der Waals surface area contributed by atoms with Crippen LogP contribution in [0.25, 0.3) is 0 Å². The van der Waals surface area contributed by atoms with Gasteiger partial charge in [-0.15, -0.1) is 0 Å². The van der Waals surface area contributed by atoms with Gasteiger partial charge in [-0.25, -0.2) is 14.4 Å². The fraction of sp³-hybridized carbons (Fsp3) is 0.556. The summed E-state index contributed by atoms with van der Waals surface area (Å²) in [6.07, 6.45) is 0.509. The average molecular weight is 166 g/mol. The molecule has 0 fully saturated rings. The molecule has 1 aliphatic rings. The quantitative estimate of drug-likeness (QED) is 0.589. The lowest BCUT2D eigenvalue weighted by Gasteiger charge is -2.05. The fourth-order valence-electron chi connectivity index (χ4n) is 1.80. The van der Waals surface area contributed by atoms with E-state index in [0.29, 0.717) is 6.42 Å². The highest BCUT2D eigenvalue weighted by Crippen LogP contribution is 2.34. The summed E-state index contributed by atoms with van der Waals surface area (Å²) in [7, 11) is 0. The van der Waals surface area contributed by atoms with E-state index in [1.807, 2.05) is 13.8 Å². The van der Waals surface area contributed by atoms with Crippen LogP contribution < -0.4 is 0 Å². The van der Waals surface area contributed by atoms with E-state index in [1.54, 1.807) is 0 Å². The van der Waals surface area contributed by atoms with Gasteiger partial charge in [-0.1, -0.05) is 0 Å². The van der Waals surface area contributed by atoms with Crippen LogP contribution in [0.15, 0.2) is 0 Å². The van der Waals surface area contributed by atoms with Gasteiger partial charge in [0, 0.05) is 11.3 Å². The molecule has 0 N–H and O–H groups in total. The van der Waals surface area contributed by atoms with Gasteiger partial charge in [-0.3, -0.25) is 0 Å². The summed E-state index contributed by atoms with van der Waals surface area (Å²) in [5.41, 5.74) is 2.45. The van der Waals surface area contributed by atoms with Crippen LogP contribution in [0.2, 0.25) is 0 Å². The van der Waals surface area contributed by atoms with Crippen molar-refractivity contribution in [2.24, 2.45) is 0 Å². The Morgan fingerprint density at radius 1 is 1.33 bits per heavy atom. The molecule has 1 atom stereocenters. The number of rotatable bonds is 0. The molecule has 3 heteroatoms. The molecule has 1 heterocycles. The van der Waals surface area contributed by atoms with E-state index in [0.717, 1.165) is 29.2 Å². The molecule has 1 unspecified atom stereocenters. The molecule has 0 amide bonds. The number of aryl methyl sites for hydroxylation is 3. The molecule has 0 spiro atoms. The Kier molecular flexibility index (Phi) is 1.60. The minimum absolute atomic E-state index is 0.578. The van der Waals surface area contributed by atoms with Crippen LogP contribution in [-0.4, -0.2) is 9.97 Å². The first-order chi connectivity index (χ1) is 5.68. The van der Waals surface area contributed by atoms with Crippen LogP contribution in [0, 0.1) is 13.8 Å². The maximum atomic E-state index is 13.2. The Morgan fingerprint density at radius 3 is 2.83 bits per heavy atom. The van der Waals surface area contributed by atoms with Gasteiger partial charge < -0.3 is 0 Å². The molecule has 1 aromatic heterocycles. The van der Waals surface area contributed by atoms with E-state index in [2.05, 4.69) is 9.97 Å². The summed E-state index contributed by atoms with van der Waals surface area (Å²) < 4.78 is 13.2. The third kappa shape index (κ3) is 1.00. The Hall–Kier alpha value is -0.990. The van der Waals surface area contributed by atoms with Gasteiger partial charge in [-0.2, -0.15) is 0 Å². The first-order valence-electron chi connectivity index (χ1n) is 4.16. The van der Waals surface area contributed by atoms with Crippen molar-refractivity contribution in [1.82, 2.24) is 9.97 Å². The van der Waals surface area contributed by atoms with Crippen LogP contribution in [-0.2, 0) is 6.42 Å². The number of fused-ring (bicyclic) bond motifs is 1. The molecule has 0 saturated heterocycles. The molecule has 2 rings (SSSR count). The number of hydrogen-bond acceptors (Lipinski definition) is 2. The molecule has 1 aromatic rings. The second-order valence-corrected chi connectivity index (χ2v) is 3.22. The van der Waals surface area contributed by atoms with Crippen molar-refractivity contribution in [2.75, 3.05) is 0 Å². The van der Waals surface area contributed by atoms with Gasteiger partial charge in [0.05, 0.1) is 5.69 Å². The average Bonchev–Trinajstić information content (AvgIpc) is 2.31. The topological polar surface area (TPSA) is 25.8 Å². The Bertz CT molecular complexity index is 323. The van der Waals surface area contributed by atoms with Crippen LogP contribution in [0.1, 0.15) is 35.4 Å². The van der Waals surface area contributed by atoms with Crippen molar-refractivity contribution >= 4 is 0 Å². The molecule has 2 nitrogen and oxygen atoms in total. The standard InChI is InChI=1S/C9H11FN2/c1-5-9-7(10)3-4-8(9)12-6(2)11-5/h7H,3-4H2,1-2H3. The van der Waals surface area contributed by atoms with Gasteiger partial charge in [-0.05, 0) is 26.7 Å². The van der Waals surface area contributed by atoms with Crippen molar-refractivity contribution in [3.63, 3.8) is 0 Å². The van der Waals surface area contributed by atoms with E-state index in [-0.39, 0.29) is 0 Å². The van der Waals surface area contributed by atoms with Crippen molar-refractivity contribution in [2.45, 2.75) is 32.9 Å². The van der Waals surface area contributed by atoms with E-state index in [9.17, 15) is 4.39 Å². The summed E-state index contributed by atoms with van der Waals surface area (Å²) in [6.45, 7) is 3.70. The lowest BCUT2D eigenvalue weighted by atomic mass is 10.2. The van der Waals surface area contributed by atoms with Gasteiger partial charge >= 0.3 is 0 Å². The SMILES string of the molecule is Cc1nc(C)c2c(n1)CCC2F. The third-order valence-corrected chi connectivity index (χ3v) is 2.27. The molecule has 12 heavy (non-hydrogen) atoms. The molecular formula is C9H11FN2. The molecule has 64 valence electrons. The van der Waals surface area contributed by atoms with Crippen molar-refractivity contribution in [3.05, 3.63) is 22.8 Å². The van der Waals surface area contributed by atoms with Gasteiger partial charge in [0.25, 0.3) is 0 Å². The zero-order valence-corrected chi connectivity index (χ0v) is 7.26. The fourth-order valence-corrected chi connectivity index (χ4v) is 1.80. The molecule has 0 radical (unpaired) electrons. The molecule has 0 aliphatic heterocycles. The highest BCUT2D eigenvalue weighted by molar-refractivity contribution is 5.31. The highest BCUT2D eigenvalue weighted by atomic mass is 19.1. The Morgan fingerprint density at radius 2 is 2.08 bits per heavy atom. The van der Waals surface area contributed by atoms with E-state index in [1.165, 1.54) is 0 Å². The summed E-state index contributed by atoms with van der Waals surface area (Å²) in [6, 6.07) is 0. The third-order valence-electron chi connectivity index (χ3n) is 2.27. The van der Waals surface area contributed by atoms with Crippen LogP contribution in [0.4, 0.5) is 4.39 Å². The lowest BCUT2D eigenvalue weighted by molar-refractivity contribution is 0.342. The van der Waals surface area contributed by atoms with Crippen molar-refractivity contribution in [3.8, 4) is 0 Å². The first-order valence-corrected chi connectivity index (χ1v) is 4.16. The first kappa shape index (κ1) is 7.65. The number of halogens is 1. The Labute approximate surface area is 70.9 Å². The smallest absolute Gasteiger partial charge is 0.129 e. The summed E-state index contributed by atoms with van der Waals surface area (Å²) in [4.78, 5) is 8.36. The van der Waals surface area contributed by atoms with Crippen molar-refractivity contribution < 1.29 is 4.39 Å². The highest BCUT2D eigenvalue weighted by Gasteiger charge is 2.25. The summed E-state index contributed by atoms with van der Waals surface area (Å²) in [5.74, 6) is 0.750. The summed E-state index contributed by atoms with van der Waals surface area (Å²) in [5, 5.41) is 0. The second-order valence-electron chi connectivity index (χ2n) is 3.22. The molecule has 0 aromatic carbocycles. The maximum Gasteiger partial charge on any atom is 0.129 e. The maximum absolute atomic E-state index is 13.2. The molecule has 0 saturated carbocycles. The van der Waals surface area contributed by atoms with Crippen LogP contribution >= 0.6 is 0 Å². The van der Waals surface area contributed by atoms with Gasteiger partial charge in [0.1, 0.15) is 12.0 Å². The molecular weight excluding hydrogens is 155 g/mol. The van der Waals surface area contributed by atoms with Crippen LogP contribution in [0.3, 0.4) is 0 Å². The minimum Gasteiger partial charge on any atom is -0.242 e. The lowest BCUT2D eigenvalue weighted by Crippen LogP contribution is -2.00. The van der Waals surface area contributed by atoms with Gasteiger partial charge in [0.15, 0.2) is 0 Å². The number of hydrogen-bond donors (Lipinski definition) is 0. The van der Waals surface area contributed by atoms with Gasteiger partial charge in [0.2, 0.25) is 0 Å². The van der Waals surface area contributed by atoms with E-state index < -0.39 is 6.17 Å². The number of aromatic nitrogens is 2. The number of nitrogens with zero attached hydrogens (tertiary/aromatic N) is 2. The Balaban J connectivity index is 2.60. The minimum atomic E-state index is -0.833. The second kappa shape index (κ2) is 2.51. The largest absolute Gasteiger partial charge is 0.242 e. The predicted octanol–water partition coefficient (Wildman–Crippen LogP) is 2.05. The number of alkyl halides is 1. The monoisotopic (exact) mass is 166 g/mol.